The van der Waals surface area contributed by atoms with E-state index in [1.54, 1.807) is 16.0 Å². The number of nitrogens with one attached hydrogen (secondary N) is 1. The lowest BCUT2D eigenvalue weighted by Crippen LogP contribution is -2.15. The predicted molar refractivity (Wildman–Crippen MR) is 96.5 cm³/mol. The highest BCUT2D eigenvalue weighted by Crippen LogP contribution is 2.18. The quantitative estimate of drug-likeness (QED) is 0.685. The smallest absolute Gasteiger partial charge is 0.234 e. The summed E-state index contributed by atoms with van der Waals surface area (Å²) in [4.78, 5) is 13.3. The number of aromatic nitrogens is 4. The van der Waals surface area contributed by atoms with Crippen LogP contribution < -0.4 is 5.32 Å². The molecule has 0 aliphatic heterocycles. The summed E-state index contributed by atoms with van der Waals surface area (Å²) in [5, 5.41) is 17.3. The van der Waals surface area contributed by atoms with Crippen molar-refractivity contribution in [1.29, 1.82) is 0 Å². The molecule has 3 rings (SSSR count). The number of thioether (sulfide) groups is 1. The Bertz CT molecular complexity index is 809. The maximum Gasteiger partial charge on any atom is 0.234 e. The highest BCUT2D eigenvalue weighted by molar-refractivity contribution is 7.99. The van der Waals surface area contributed by atoms with Gasteiger partial charge < -0.3 is 5.32 Å². The summed E-state index contributed by atoms with van der Waals surface area (Å²) in [7, 11) is 0. The molecule has 0 aliphatic rings. The molecule has 1 aromatic carbocycles. The minimum Gasteiger partial charge on any atom is -0.325 e. The van der Waals surface area contributed by atoms with E-state index in [0.29, 0.717) is 11.7 Å². The molecule has 0 saturated heterocycles. The first-order chi connectivity index (χ1) is 11.6. The molecular formula is C16H17N5OS2. The molecule has 0 aliphatic carbocycles. The van der Waals surface area contributed by atoms with Gasteiger partial charge in [-0.05, 0) is 59.0 Å². The predicted octanol–water partition coefficient (Wildman–Crippen LogP) is 3.13. The molecule has 0 fully saturated rings. The van der Waals surface area contributed by atoms with Gasteiger partial charge in [-0.2, -0.15) is 0 Å². The lowest BCUT2D eigenvalue weighted by atomic mass is 10.1. The topological polar surface area (TPSA) is 72.7 Å². The van der Waals surface area contributed by atoms with E-state index < -0.39 is 0 Å². The van der Waals surface area contributed by atoms with Crippen LogP contribution in [0, 0.1) is 13.8 Å². The monoisotopic (exact) mass is 359 g/mol. The van der Waals surface area contributed by atoms with Gasteiger partial charge >= 0.3 is 0 Å². The molecule has 1 N–H and O–H groups in total. The molecule has 0 bridgehead atoms. The highest BCUT2D eigenvalue weighted by atomic mass is 32.2. The van der Waals surface area contributed by atoms with Crippen LogP contribution in [0.15, 0.2) is 40.9 Å². The number of carbonyl (C=O) groups is 1. The summed E-state index contributed by atoms with van der Waals surface area (Å²) < 4.78 is 1.71. The van der Waals surface area contributed by atoms with Gasteiger partial charge in [0.05, 0.1) is 12.3 Å². The maximum atomic E-state index is 12.2. The van der Waals surface area contributed by atoms with Gasteiger partial charge in [0.15, 0.2) is 0 Å². The van der Waals surface area contributed by atoms with Gasteiger partial charge in [-0.1, -0.05) is 23.9 Å². The second kappa shape index (κ2) is 7.59. The molecule has 24 heavy (non-hydrogen) atoms. The summed E-state index contributed by atoms with van der Waals surface area (Å²) in [6.45, 7) is 4.64. The van der Waals surface area contributed by atoms with Gasteiger partial charge in [0.1, 0.15) is 0 Å². The lowest BCUT2D eigenvalue weighted by molar-refractivity contribution is -0.113. The zero-order valence-electron chi connectivity index (χ0n) is 13.4. The third-order valence-electron chi connectivity index (χ3n) is 3.22. The van der Waals surface area contributed by atoms with E-state index in [9.17, 15) is 4.79 Å². The van der Waals surface area contributed by atoms with Gasteiger partial charge in [0.2, 0.25) is 11.1 Å². The van der Waals surface area contributed by atoms with Crippen molar-refractivity contribution in [2.75, 3.05) is 11.1 Å². The molecule has 2 heterocycles. The second-order valence-electron chi connectivity index (χ2n) is 5.41. The van der Waals surface area contributed by atoms with E-state index in [1.807, 2.05) is 43.5 Å². The number of thiophene rings is 1. The van der Waals surface area contributed by atoms with Crippen LogP contribution in [0.25, 0.3) is 0 Å². The van der Waals surface area contributed by atoms with E-state index in [1.165, 1.54) is 16.6 Å². The Kier molecular flexibility index (Phi) is 5.27. The van der Waals surface area contributed by atoms with E-state index >= 15 is 0 Å². The van der Waals surface area contributed by atoms with Crippen molar-refractivity contribution in [3.63, 3.8) is 0 Å². The Labute approximate surface area is 148 Å². The highest BCUT2D eigenvalue weighted by Gasteiger charge is 2.11. The van der Waals surface area contributed by atoms with Crippen molar-refractivity contribution in [3.8, 4) is 0 Å². The number of nitrogens with zero attached hydrogens (tertiary/aromatic N) is 4. The van der Waals surface area contributed by atoms with E-state index in [0.717, 1.165) is 16.8 Å². The van der Waals surface area contributed by atoms with Gasteiger partial charge in [0.25, 0.3) is 0 Å². The van der Waals surface area contributed by atoms with Gasteiger partial charge in [0, 0.05) is 10.6 Å². The first kappa shape index (κ1) is 16.7. The third-order valence-corrected chi connectivity index (χ3v) is 5.04. The minimum absolute atomic E-state index is 0.0735. The molecular weight excluding hydrogens is 342 g/mol. The van der Waals surface area contributed by atoms with Crippen molar-refractivity contribution in [2.24, 2.45) is 0 Å². The Balaban J connectivity index is 1.57. The Morgan fingerprint density at radius 3 is 2.79 bits per heavy atom. The fourth-order valence-electron chi connectivity index (χ4n) is 2.32. The zero-order valence-corrected chi connectivity index (χ0v) is 15.0. The normalized spacial score (nSPS) is 10.8. The molecule has 3 aromatic rings. The first-order valence-electron chi connectivity index (χ1n) is 7.39. The van der Waals surface area contributed by atoms with Crippen LogP contribution in [0.1, 0.15) is 16.0 Å². The molecule has 1 amide bonds. The average Bonchev–Trinajstić information content (AvgIpc) is 3.16. The number of hydrogen-bond acceptors (Lipinski definition) is 6. The van der Waals surface area contributed by atoms with Crippen molar-refractivity contribution in [2.45, 2.75) is 25.5 Å². The van der Waals surface area contributed by atoms with Crippen LogP contribution in [0.5, 0.6) is 0 Å². The number of rotatable bonds is 6. The molecule has 0 saturated carbocycles. The third kappa shape index (κ3) is 4.42. The summed E-state index contributed by atoms with van der Waals surface area (Å²) in [6.07, 6.45) is 0. The standard InChI is InChI=1S/C16H17N5OS2/c1-11-6-12(2)8-13(7-11)17-15(22)10-24-16-18-19-20-21(16)9-14-4-3-5-23-14/h3-8H,9-10H2,1-2H3,(H,17,22). The summed E-state index contributed by atoms with van der Waals surface area (Å²) in [5.41, 5.74) is 3.06. The number of carbonyl (C=O) groups excluding carboxylic acids is 1. The van der Waals surface area contributed by atoms with Crippen LogP contribution >= 0.6 is 23.1 Å². The van der Waals surface area contributed by atoms with E-state index in [4.69, 9.17) is 0 Å². The first-order valence-corrected chi connectivity index (χ1v) is 9.26. The summed E-state index contributed by atoms with van der Waals surface area (Å²) in [6, 6.07) is 10.0. The molecule has 2 aromatic heterocycles. The lowest BCUT2D eigenvalue weighted by Gasteiger charge is -2.07. The van der Waals surface area contributed by atoms with Crippen LogP contribution in [0.3, 0.4) is 0 Å². The molecule has 0 unspecified atom stereocenters. The average molecular weight is 359 g/mol. The fourth-order valence-corrected chi connectivity index (χ4v) is 3.69. The van der Waals surface area contributed by atoms with Gasteiger partial charge in [-0.15, -0.1) is 16.4 Å². The van der Waals surface area contributed by atoms with Crippen LogP contribution in [-0.2, 0) is 11.3 Å². The Morgan fingerprint density at radius 2 is 2.08 bits per heavy atom. The van der Waals surface area contributed by atoms with E-state index in [-0.39, 0.29) is 11.7 Å². The van der Waals surface area contributed by atoms with Crippen molar-refractivity contribution in [1.82, 2.24) is 20.2 Å². The van der Waals surface area contributed by atoms with Gasteiger partial charge in [-0.25, -0.2) is 4.68 Å². The number of tetrazole rings is 1. The fraction of sp³-hybridized carbons (Fsp3) is 0.250. The largest absolute Gasteiger partial charge is 0.325 e. The number of aryl methyl sites for hydroxylation is 2. The van der Waals surface area contributed by atoms with Crippen LogP contribution in [-0.4, -0.2) is 31.9 Å². The Hall–Kier alpha value is -2.19. The van der Waals surface area contributed by atoms with Crippen LogP contribution in [0.2, 0.25) is 0 Å². The molecule has 6 nitrogen and oxygen atoms in total. The summed E-state index contributed by atoms with van der Waals surface area (Å²) >= 11 is 2.98. The second-order valence-corrected chi connectivity index (χ2v) is 7.39. The molecule has 0 spiro atoms. The Morgan fingerprint density at radius 1 is 1.29 bits per heavy atom. The van der Waals surface area contributed by atoms with E-state index in [2.05, 4.69) is 26.9 Å². The molecule has 0 atom stereocenters. The minimum atomic E-state index is -0.0735. The molecule has 8 heteroatoms. The van der Waals surface area contributed by atoms with Crippen molar-refractivity contribution in [3.05, 3.63) is 51.7 Å². The number of hydrogen-bond donors (Lipinski definition) is 1. The number of anilines is 1. The summed E-state index contributed by atoms with van der Waals surface area (Å²) in [5.74, 6) is 0.188. The number of benzene rings is 1. The maximum absolute atomic E-state index is 12.2. The number of amides is 1. The van der Waals surface area contributed by atoms with Gasteiger partial charge in [-0.3, -0.25) is 4.79 Å². The molecule has 0 radical (unpaired) electrons. The SMILES string of the molecule is Cc1cc(C)cc(NC(=O)CSc2nnnn2Cc2cccs2)c1. The zero-order chi connectivity index (χ0) is 16.9. The van der Waals surface area contributed by atoms with Crippen LogP contribution in [0.4, 0.5) is 5.69 Å². The molecule has 124 valence electrons. The van der Waals surface area contributed by atoms with Crippen molar-refractivity contribution >= 4 is 34.7 Å². The van der Waals surface area contributed by atoms with Crippen molar-refractivity contribution < 1.29 is 4.79 Å².